The van der Waals surface area contributed by atoms with Crippen molar-refractivity contribution in [1.29, 1.82) is 0 Å². The van der Waals surface area contributed by atoms with Gasteiger partial charge in [0.05, 0.1) is 16.7 Å². The molecule has 0 radical (unpaired) electrons. The monoisotopic (exact) mass is 417 g/mol. The summed E-state index contributed by atoms with van der Waals surface area (Å²) in [6, 6.07) is 12.9. The van der Waals surface area contributed by atoms with Gasteiger partial charge in [-0.25, -0.2) is 4.98 Å². The molecule has 2 aliphatic heterocycles. The third-order valence-corrected chi connectivity index (χ3v) is 6.84. The maximum absolute atomic E-state index is 13.1. The predicted molar refractivity (Wildman–Crippen MR) is 124 cm³/mol. The van der Waals surface area contributed by atoms with Crippen molar-refractivity contribution in [3.8, 4) is 5.69 Å². The topological polar surface area (TPSA) is 44.6 Å². The van der Waals surface area contributed by atoms with Crippen LogP contribution in [0.5, 0.6) is 0 Å². The van der Waals surface area contributed by atoms with E-state index in [1.807, 2.05) is 29.4 Å². The second-order valence-corrected chi connectivity index (χ2v) is 9.16. The Balaban J connectivity index is 1.30. The van der Waals surface area contributed by atoms with Crippen LogP contribution in [0.2, 0.25) is 0 Å². The fraction of sp³-hybridized carbons (Fsp3) is 0.440. The third kappa shape index (κ3) is 3.86. The number of aryl methyl sites for hydroxylation is 2. The molecule has 2 fully saturated rings. The summed E-state index contributed by atoms with van der Waals surface area (Å²) in [6.45, 7) is 10.4. The number of hydrogen-bond donors (Lipinski definition) is 0. The van der Waals surface area contributed by atoms with Gasteiger partial charge in [-0.15, -0.1) is 0 Å². The molecule has 1 aromatic heterocycles. The molecule has 6 nitrogen and oxygen atoms in total. The highest BCUT2D eigenvalue weighted by molar-refractivity contribution is 5.98. The molecule has 1 amide bonds. The summed E-state index contributed by atoms with van der Waals surface area (Å²) < 4.78 is 2.11. The van der Waals surface area contributed by atoms with E-state index in [4.69, 9.17) is 0 Å². The number of fused-ring (bicyclic) bond motifs is 1. The molecule has 31 heavy (non-hydrogen) atoms. The van der Waals surface area contributed by atoms with E-state index < -0.39 is 0 Å². The summed E-state index contributed by atoms with van der Waals surface area (Å²) in [5.74, 6) is 0.117. The first-order valence-corrected chi connectivity index (χ1v) is 11.3. The fourth-order valence-electron chi connectivity index (χ4n) is 4.78. The molecule has 0 aliphatic carbocycles. The van der Waals surface area contributed by atoms with Crippen molar-refractivity contribution in [2.45, 2.75) is 26.3 Å². The number of rotatable bonds is 3. The lowest BCUT2D eigenvalue weighted by molar-refractivity contribution is 0.0277. The van der Waals surface area contributed by atoms with E-state index in [0.29, 0.717) is 6.04 Å². The van der Waals surface area contributed by atoms with E-state index >= 15 is 0 Å². The van der Waals surface area contributed by atoms with E-state index in [9.17, 15) is 4.79 Å². The van der Waals surface area contributed by atoms with Crippen LogP contribution in [0, 0.1) is 13.8 Å². The van der Waals surface area contributed by atoms with E-state index in [-0.39, 0.29) is 5.91 Å². The zero-order chi connectivity index (χ0) is 21.5. The molecule has 6 heteroatoms. The Labute approximate surface area is 184 Å². The molecule has 0 bridgehead atoms. The van der Waals surface area contributed by atoms with Crippen molar-refractivity contribution in [3.05, 3.63) is 59.4 Å². The number of amides is 1. The summed E-state index contributed by atoms with van der Waals surface area (Å²) in [4.78, 5) is 24.6. The first-order valence-electron chi connectivity index (χ1n) is 11.3. The second-order valence-electron chi connectivity index (χ2n) is 9.16. The number of hydrogen-bond acceptors (Lipinski definition) is 4. The third-order valence-electron chi connectivity index (χ3n) is 6.84. The standard InChI is InChI=1S/C25H31N5O/c1-18-5-6-19(2)24(13-18)30-17-26-22-14-20(7-8-23(22)30)25(31)29-15-21(16-29)28-10-4-9-27(3)11-12-28/h5-8,13-14,17,21H,4,9-12,15-16H2,1-3H3. The molecular formula is C25H31N5O. The normalized spacial score (nSPS) is 18.9. The van der Waals surface area contributed by atoms with Gasteiger partial charge in [0.1, 0.15) is 6.33 Å². The van der Waals surface area contributed by atoms with Crippen LogP contribution in [0.25, 0.3) is 16.7 Å². The molecule has 2 saturated heterocycles. The maximum Gasteiger partial charge on any atom is 0.254 e. The Morgan fingerprint density at radius 2 is 1.84 bits per heavy atom. The van der Waals surface area contributed by atoms with Crippen molar-refractivity contribution in [2.24, 2.45) is 0 Å². The number of imidazole rings is 1. The lowest BCUT2D eigenvalue weighted by Crippen LogP contribution is -2.61. The van der Waals surface area contributed by atoms with Gasteiger partial charge in [0.25, 0.3) is 5.91 Å². The van der Waals surface area contributed by atoms with Crippen molar-refractivity contribution in [1.82, 2.24) is 24.3 Å². The van der Waals surface area contributed by atoms with Gasteiger partial charge in [0, 0.05) is 37.8 Å². The van der Waals surface area contributed by atoms with Crippen molar-refractivity contribution in [2.75, 3.05) is 46.3 Å². The summed E-state index contributed by atoms with van der Waals surface area (Å²) >= 11 is 0. The quantitative estimate of drug-likeness (QED) is 0.657. The van der Waals surface area contributed by atoms with Gasteiger partial charge in [0.15, 0.2) is 0 Å². The van der Waals surface area contributed by atoms with E-state index in [1.165, 1.54) is 24.1 Å². The predicted octanol–water partition coefficient (Wildman–Crippen LogP) is 3.10. The van der Waals surface area contributed by atoms with Gasteiger partial charge >= 0.3 is 0 Å². The Hall–Kier alpha value is -2.70. The van der Waals surface area contributed by atoms with Gasteiger partial charge in [-0.1, -0.05) is 12.1 Å². The maximum atomic E-state index is 13.1. The van der Waals surface area contributed by atoms with Crippen LogP contribution in [0.15, 0.2) is 42.7 Å². The van der Waals surface area contributed by atoms with Gasteiger partial charge in [-0.2, -0.15) is 0 Å². The zero-order valence-electron chi connectivity index (χ0n) is 18.7. The van der Waals surface area contributed by atoms with Crippen molar-refractivity contribution in [3.63, 3.8) is 0 Å². The summed E-state index contributed by atoms with van der Waals surface area (Å²) in [7, 11) is 2.19. The first-order chi connectivity index (χ1) is 15.0. The molecular weight excluding hydrogens is 386 g/mol. The lowest BCUT2D eigenvalue weighted by atomic mass is 10.0. The molecule has 0 spiro atoms. The van der Waals surface area contributed by atoms with Gasteiger partial charge < -0.3 is 9.80 Å². The Morgan fingerprint density at radius 1 is 1.00 bits per heavy atom. The van der Waals surface area contributed by atoms with Crippen LogP contribution in [-0.2, 0) is 0 Å². The second kappa shape index (κ2) is 8.09. The number of carbonyl (C=O) groups excluding carboxylic acids is 1. The number of likely N-dealkylation sites (tertiary alicyclic amines) is 1. The highest BCUT2D eigenvalue weighted by atomic mass is 16.2. The van der Waals surface area contributed by atoms with E-state index in [0.717, 1.165) is 55.0 Å². The molecule has 5 rings (SSSR count). The minimum atomic E-state index is 0.117. The molecule has 162 valence electrons. The van der Waals surface area contributed by atoms with Crippen LogP contribution < -0.4 is 0 Å². The molecule has 0 saturated carbocycles. The number of nitrogens with zero attached hydrogens (tertiary/aromatic N) is 5. The summed E-state index contributed by atoms with van der Waals surface area (Å²) in [5, 5.41) is 0. The summed E-state index contributed by atoms with van der Waals surface area (Å²) in [6.07, 6.45) is 3.07. The molecule has 3 aromatic rings. The smallest absolute Gasteiger partial charge is 0.254 e. The van der Waals surface area contributed by atoms with E-state index in [1.54, 1.807) is 0 Å². The highest BCUT2D eigenvalue weighted by Crippen LogP contribution is 2.25. The van der Waals surface area contributed by atoms with Crippen LogP contribution in [0.1, 0.15) is 27.9 Å². The van der Waals surface area contributed by atoms with Crippen molar-refractivity contribution >= 4 is 16.9 Å². The van der Waals surface area contributed by atoms with Crippen molar-refractivity contribution < 1.29 is 4.79 Å². The van der Waals surface area contributed by atoms with Crippen LogP contribution >= 0.6 is 0 Å². The Bertz CT molecular complexity index is 1110. The molecule has 0 unspecified atom stereocenters. The minimum absolute atomic E-state index is 0.117. The van der Waals surface area contributed by atoms with E-state index in [2.05, 4.69) is 58.4 Å². The van der Waals surface area contributed by atoms with Crippen LogP contribution in [0.3, 0.4) is 0 Å². The first kappa shape index (κ1) is 20.2. The Kier molecular flexibility index (Phi) is 5.28. The number of aromatic nitrogens is 2. The molecule has 2 aromatic carbocycles. The lowest BCUT2D eigenvalue weighted by Gasteiger charge is -2.45. The molecule has 0 atom stereocenters. The number of benzene rings is 2. The number of carbonyl (C=O) groups is 1. The Morgan fingerprint density at radius 3 is 2.68 bits per heavy atom. The van der Waals surface area contributed by atoms with Gasteiger partial charge in [0.2, 0.25) is 0 Å². The minimum Gasteiger partial charge on any atom is -0.335 e. The highest BCUT2D eigenvalue weighted by Gasteiger charge is 2.35. The van der Waals surface area contributed by atoms with Gasteiger partial charge in [-0.05, 0) is 75.8 Å². The van der Waals surface area contributed by atoms with Crippen LogP contribution in [0.4, 0.5) is 0 Å². The molecule has 3 heterocycles. The van der Waals surface area contributed by atoms with Crippen LogP contribution in [-0.4, -0.2) is 82.5 Å². The fourth-order valence-corrected chi connectivity index (χ4v) is 4.78. The average molecular weight is 418 g/mol. The SMILES string of the molecule is Cc1ccc(C)c(-n2cnc3cc(C(=O)N4CC(N5CCCN(C)CC5)C4)ccc32)c1. The largest absolute Gasteiger partial charge is 0.335 e. The summed E-state index contributed by atoms with van der Waals surface area (Å²) in [5.41, 5.74) is 6.18. The number of likely N-dealkylation sites (N-methyl/N-ethyl adjacent to an activating group) is 1. The van der Waals surface area contributed by atoms with Gasteiger partial charge in [-0.3, -0.25) is 14.3 Å². The average Bonchev–Trinajstić information content (AvgIpc) is 3.03. The molecule has 0 N–H and O–H groups in total. The zero-order valence-corrected chi connectivity index (χ0v) is 18.7. The molecule has 2 aliphatic rings.